The van der Waals surface area contributed by atoms with Gasteiger partial charge >= 0.3 is 0 Å². The Labute approximate surface area is 168 Å². The van der Waals surface area contributed by atoms with E-state index in [4.69, 9.17) is 9.72 Å². The second kappa shape index (κ2) is 7.90. The number of morpholine rings is 1. The maximum atomic E-state index is 5.75. The minimum atomic E-state index is -0.00403. The van der Waals surface area contributed by atoms with Gasteiger partial charge in [0.05, 0.1) is 35.4 Å². The summed E-state index contributed by atoms with van der Waals surface area (Å²) in [7, 11) is 0. The van der Waals surface area contributed by atoms with Gasteiger partial charge in [0.25, 0.3) is 0 Å². The molecule has 4 heterocycles. The zero-order valence-electron chi connectivity index (χ0n) is 15.7. The van der Waals surface area contributed by atoms with Crippen molar-refractivity contribution in [1.29, 1.82) is 0 Å². The number of benzene rings is 1. The summed E-state index contributed by atoms with van der Waals surface area (Å²) in [6, 6.07) is 15.8. The number of para-hydroxylation sites is 1. The predicted molar refractivity (Wildman–Crippen MR) is 112 cm³/mol. The Hall–Kier alpha value is -3.42. The minimum Gasteiger partial charge on any atom is -0.369 e. The number of nitrogens with zero attached hydrogens (tertiary/aromatic N) is 4. The van der Waals surface area contributed by atoms with E-state index in [2.05, 4.69) is 25.6 Å². The molecule has 3 aromatic heterocycles. The van der Waals surface area contributed by atoms with Gasteiger partial charge in [0, 0.05) is 36.4 Å². The molecule has 0 saturated carbocycles. The van der Waals surface area contributed by atoms with E-state index in [0.29, 0.717) is 12.6 Å². The zero-order valence-corrected chi connectivity index (χ0v) is 15.7. The van der Waals surface area contributed by atoms with E-state index in [-0.39, 0.29) is 6.10 Å². The van der Waals surface area contributed by atoms with Gasteiger partial charge < -0.3 is 15.4 Å². The van der Waals surface area contributed by atoms with Gasteiger partial charge in [-0.25, -0.2) is 9.97 Å². The van der Waals surface area contributed by atoms with Gasteiger partial charge in [-0.15, -0.1) is 0 Å². The van der Waals surface area contributed by atoms with Gasteiger partial charge in [0.1, 0.15) is 6.10 Å². The van der Waals surface area contributed by atoms with Crippen LogP contribution in [0.1, 0.15) is 11.8 Å². The van der Waals surface area contributed by atoms with Gasteiger partial charge in [0.2, 0.25) is 5.95 Å². The van der Waals surface area contributed by atoms with E-state index in [1.165, 1.54) is 0 Å². The summed E-state index contributed by atoms with van der Waals surface area (Å²) in [5, 5.41) is 7.53. The van der Waals surface area contributed by atoms with Crippen LogP contribution in [0.2, 0.25) is 0 Å². The quantitative estimate of drug-likeness (QED) is 0.557. The molecule has 1 aromatic carbocycles. The number of hydrogen-bond donors (Lipinski definition) is 2. The molecule has 2 N–H and O–H groups in total. The number of aromatic nitrogens is 4. The standard InChI is InChI=1S/C22H20N6O/c1-2-9-24-18(6-1)17-5-3-4-15-12-26-22(28-21(15)17)27-16-7-8-19(25-13-16)20-14-23-10-11-29-20/h1-9,12-13,20,23H,10-11,14H2,(H,26,27,28). The number of anilines is 2. The molecule has 1 fully saturated rings. The van der Waals surface area contributed by atoms with Crippen molar-refractivity contribution in [2.24, 2.45) is 0 Å². The zero-order chi connectivity index (χ0) is 19.5. The number of ether oxygens (including phenoxy) is 1. The summed E-state index contributed by atoms with van der Waals surface area (Å²) < 4.78 is 5.75. The molecule has 7 heteroatoms. The average Bonchev–Trinajstić information content (AvgIpc) is 2.80. The third kappa shape index (κ3) is 3.78. The van der Waals surface area contributed by atoms with E-state index in [1.54, 1.807) is 12.4 Å². The molecule has 1 aliphatic heterocycles. The van der Waals surface area contributed by atoms with E-state index in [0.717, 1.165) is 46.6 Å². The Bertz CT molecular complexity index is 1110. The van der Waals surface area contributed by atoms with E-state index in [1.807, 2.05) is 54.7 Å². The van der Waals surface area contributed by atoms with Crippen LogP contribution in [0.4, 0.5) is 11.6 Å². The minimum absolute atomic E-state index is 0.00403. The lowest BCUT2D eigenvalue weighted by Gasteiger charge is -2.23. The highest BCUT2D eigenvalue weighted by atomic mass is 16.5. The number of hydrogen-bond acceptors (Lipinski definition) is 7. The molecule has 0 amide bonds. The summed E-state index contributed by atoms with van der Waals surface area (Å²) in [5.41, 5.74) is 4.46. The highest BCUT2D eigenvalue weighted by Gasteiger charge is 2.16. The molecule has 0 aliphatic carbocycles. The molecular weight excluding hydrogens is 364 g/mol. The molecule has 144 valence electrons. The summed E-state index contributed by atoms with van der Waals surface area (Å²) in [6.07, 6.45) is 5.38. The third-order valence-corrected chi connectivity index (χ3v) is 4.85. The number of fused-ring (bicyclic) bond motifs is 1. The van der Waals surface area contributed by atoms with Crippen LogP contribution in [0.15, 0.2) is 67.1 Å². The van der Waals surface area contributed by atoms with Gasteiger partial charge in [-0.1, -0.05) is 24.3 Å². The lowest BCUT2D eigenvalue weighted by Crippen LogP contribution is -2.33. The van der Waals surface area contributed by atoms with Crippen LogP contribution in [-0.2, 0) is 4.74 Å². The number of pyridine rings is 2. The molecule has 0 radical (unpaired) electrons. The first-order chi connectivity index (χ1) is 14.4. The molecular formula is C22H20N6O. The van der Waals surface area contributed by atoms with Crippen LogP contribution < -0.4 is 10.6 Å². The second-order valence-electron chi connectivity index (χ2n) is 6.81. The van der Waals surface area contributed by atoms with Crippen LogP contribution in [0.3, 0.4) is 0 Å². The summed E-state index contributed by atoms with van der Waals surface area (Å²) >= 11 is 0. The molecule has 1 unspecified atom stereocenters. The Morgan fingerprint density at radius 1 is 0.966 bits per heavy atom. The van der Waals surface area contributed by atoms with Gasteiger partial charge in [-0.2, -0.15) is 0 Å². The van der Waals surface area contributed by atoms with Crippen molar-refractivity contribution in [2.75, 3.05) is 25.0 Å². The fourth-order valence-corrected chi connectivity index (χ4v) is 3.40. The molecule has 7 nitrogen and oxygen atoms in total. The number of rotatable bonds is 4. The van der Waals surface area contributed by atoms with Crippen molar-refractivity contribution in [3.63, 3.8) is 0 Å². The van der Waals surface area contributed by atoms with Crippen molar-refractivity contribution >= 4 is 22.5 Å². The van der Waals surface area contributed by atoms with E-state index in [9.17, 15) is 0 Å². The molecule has 5 rings (SSSR count). The normalized spacial score (nSPS) is 16.6. The van der Waals surface area contributed by atoms with Crippen LogP contribution >= 0.6 is 0 Å². The molecule has 0 bridgehead atoms. The molecule has 4 aromatic rings. The predicted octanol–water partition coefficient (Wildman–Crippen LogP) is 3.49. The fraction of sp³-hybridized carbons (Fsp3) is 0.182. The smallest absolute Gasteiger partial charge is 0.227 e. The summed E-state index contributed by atoms with van der Waals surface area (Å²) in [4.78, 5) is 18.2. The maximum Gasteiger partial charge on any atom is 0.227 e. The fourth-order valence-electron chi connectivity index (χ4n) is 3.40. The Morgan fingerprint density at radius 2 is 1.97 bits per heavy atom. The summed E-state index contributed by atoms with van der Waals surface area (Å²) in [6.45, 7) is 2.37. The molecule has 1 saturated heterocycles. The largest absolute Gasteiger partial charge is 0.369 e. The summed E-state index contributed by atoms with van der Waals surface area (Å²) in [5.74, 6) is 0.519. The topological polar surface area (TPSA) is 84.9 Å². The van der Waals surface area contributed by atoms with Crippen molar-refractivity contribution in [3.8, 4) is 11.3 Å². The van der Waals surface area contributed by atoms with Crippen LogP contribution in [-0.4, -0.2) is 39.6 Å². The van der Waals surface area contributed by atoms with Crippen LogP contribution in [0, 0.1) is 0 Å². The third-order valence-electron chi connectivity index (χ3n) is 4.85. The van der Waals surface area contributed by atoms with Crippen molar-refractivity contribution in [3.05, 3.63) is 72.8 Å². The molecule has 1 atom stereocenters. The molecule has 29 heavy (non-hydrogen) atoms. The first kappa shape index (κ1) is 17.7. The van der Waals surface area contributed by atoms with Gasteiger partial charge in [-0.05, 0) is 24.3 Å². The van der Waals surface area contributed by atoms with Gasteiger partial charge in [0.15, 0.2) is 0 Å². The van der Waals surface area contributed by atoms with Crippen molar-refractivity contribution in [1.82, 2.24) is 25.3 Å². The highest BCUT2D eigenvalue weighted by molar-refractivity contribution is 5.92. The molecule has 1 aliphatic rings. The SMILES string of the molecule is c1ccc(-c2cccc3cnc(Nc4ccc(C5CNCCO5)nc4)nc23)nc1. The second-order valence-corrected chi connectivity index (χ2v) is 6.81. The van der Waals surface area contributed by atoms with Crippen LogP contribution in [0.25, 0.3) is 22.2 Å². The van der Waals surface area contributed by atoms with Gasteiger partial charge in [-0.3, -0.25) is 9.97 Å². The monoisotopic (exact) mass is 384 g/mol. The maximum absolute atomic E-state index is 5.75. The first-order valence-corrected chi connectivity index (χ1v) is 9.59. The first-order valence-electron chi connectivity index (χ1n) is 9.59. The average molecular weight is 384 g/mol. The van der Waals surface area contributed by atoms with E-state index < -0.39 is 0 Å². The Morgan fingerprint density at radius 3 is 2.76 bits per heavy atom. The van der Waals surface area contributed by atoms with E-state index >= 15 is 0 Å². The Kier molecular flexibility index (Phi) is 4.81. The highest BCUT2D eigenvalue weighted by Crippen LogP contribution is 2.27. The lowest BCUT2D eigenvalue weighted by molar-refractivity contribution is 0.0250. The van der Waals surface area contributed by atoms with Crippen molar-refractivity contribution in [2.45, 2.75) is 6.10 Å². The lowest BCUT2D eigenvalue weighted by atomic mass is 10.1. The Balaban J connectivity index is 1.42. The molecule has 0 spiro atoms. The number of nitrogens with one attached hydrogen (secondary N) is 2. The van der Waals surface area contributed by atoms with Crippen LogP contribution in [0.5, 0.6) is 0 Å². The van der Waals surface area contributed by atoms with Crippen molar-refractivity contribution < 1.29 is 4.74 Å².